The van der Waals surface area contributed by atoms with E-state index in [1.807, 2.05) is 13.8 Å². The second-order valence-electron chi connectivity index (χ2n) is 8.36. The molecule has 0 aromatic rings. The van der Waals surface area contributed by atoms with Gasteiger partial charge >= 0.3 is 0 Å². The molecule has 1 aliphatic heterocycles. The quantitative estimate of drug-likeness (QED) is 0.430. The minimum atomic E-state index is -3.02. The second kappa shape index (κ2) is 9.40. The Labute approximate surface area is 160 Å². The molecule has 2 fully saturated rings. The number of hydrogen-bond donors (Lipinski definition) is 1. The van der Waals surface area contributed by atoms with Crippen molar-refractivity contribution in [1.82, 2.24) is 15.1 Å². The SMILES string of the molecule is CCNC(=NCCCN(C)C1CCCCC1)N1CCS(=O)(=O)C(C)(C)C1. The molecule has 7 heteroatoms. The highest BCUT2D eigenvalue weighted by Gasteiger charge is 2.40. The molecule has 1 saturated carbocycles. The van der Waals surface area contributed by atoms with Crippen molar-refractivity contribution in [3.05, 3.63) is 0 Å². The molecule has 0 radical (unpaired) electrons. The molecule has 0 amide bonds. The Balaban J connectivity index is 1.86. The van der Waals surface area contributed by atoms with Gasteiger partial charge in [0.05, 0.1) is 10.5 Å². The summed E-state index contributed by atoms with van der Waals surface area (Å²) in [7, 11) is -0.783. The summed E-state index contributed by atoms with van der Waals surface area (Å²) in [6, 6.07) is 0.745. The molecule has 0 aromatic heterocycles. The van der Waals surface area contributed by atoms with E-state index in [1.165, 1.54) is 32.1 Å². The standard InChI is InChI=1S/C19H38N4O2S/c1-5-20-18(23-14-15-26(24,25)19(2,3)16-23)21-12-9-13-22(4)17-10-7-6-8-11-17/h17H,5-16H2,1-4H3,(H,20,21). The molecule has 1 N–H and O–H groups in total. The Morgan fingerprint density at radius 2 is 1.96 bits per heavy atom. The third kappa shape index (κ3) is 5.59. The number of guanidine groups is 1. The van der Waals surface area contributed by atoms with E-state index in [1.54, 1.807) is 0 Å². The number of aliphatic imine (C=N–C) groups is 1. The van der Waals surface area contributed by atoms with E-state index in [2.05, 4.69) is 29.1 Å². The Hall–Kier alpha value is -0.820. The van der Waals surface area contributed by atoms with Crippen LogP contribution in [0.4, 0.5) is 0 Å². The topological polar surface area (TPSA) is 65.0 Å². The maximum absolute atomic E-state index is 12.2. The fourth-order valence-electron chi connectivity index (χ4n) is 3.96. The average Bonchev–Trinajstić information content (AvgIpc) is 2.60. The van der Waals surface area contributed by atoms with Crippen molar-refractivity contribution >= 4 is 15.8 Å². The van der Waals surface area contributed by atoms with Crippen LogP contribution in [0, 0.1) is 0 Å². The summed E-state index contributed by atoms with van der Waals surface area (Å²) in [5.41, 5.74) is 0. The van der Waals surface area contributed by atoms with Gasteiger partial charge in [0.25, 0.3) is 0 Å². The third-order valence-corrected chi connectivity index (χ3v) is 8.34. The molecule has 0 aromatic carbocycles. The molecule has 0 atom stereocenters. The van der Waals surface area contributed by atoms with Crippen LogP contribution in [0.15, 0.2) is 4.99 Å². The summed E-state index contributed by atoms with van der Waals surface area (Å²) in [5, 5.41) is 3.34. The summed E-state index contributed by atoms with van der Waals surface area (Å²) < 4.78 is 23.7. The highest BCUT2D eigenvalue weighted by Crippen LogP contribution is 2.24. The van der Waals surface area contributed by atoms with E-state index >= 15 is 0 Å². The first-order valence-corrected chi connectivity index (χ1v) is 11.9. The third-order valence-electron chi connectivity index (χ3n) is 5.81. The zero-order chi connectivity index (χ0) is 19.2. The van der Waals surface area contributed by atoms with Crippen molar-refractivity contribution in [1.29, 1.82) is 0 Å². The number of hydrogen-bond acceptors (Lipinski definition) is 4. The predicted octanol–water partition coefficient (Wildman–Crippen LogP) is 2.12. The highest BCUT2D eigenvalue weighted by atomic mass is 32.2. The molecule has 1 heterocycles. The molecule has 1 aliphatic carbocycles. The van der Waals surface area contributed by atoms with Gasteiger partial charge in [-0.1, -0.05) is 19.3 Å². The van der Waals surface area contributed by atoms with Gasteiger partial charge < -0.3 is 15.1 Å². The van der Waals surface area contributed by atoms with E-state index in [4.69, 9.17) is 4.99 Å². The largest absolute Gasteiger partial charge is 0.357 e. The molecule has 6 nitrogen and oxygen atoms in total. The van der Waals surface area contributed by atoms with Gasteiger partial charge in [0.1, 0.15) is 0 Å². The lowest BCUT2D eigenvalue weighted by Crippen LogP contribution is -2.57. The zero-order valence-corrected chi connectivity index (χ0v) is 17.9. The van der Waals surface area contributed by atoms with Crippen molar-refractivity contribution in [2.24, 2.45) is 4.99 Å². The normalized spacial score (nSPS) is 24.0. The van der Waals surface area contributed by atoms with Crippen LogP contribution in [0.2, 0.25) is 0 Å². The first-order chi connectivity index (χ1) is 12.3. The lowest BCUT2D eigenvalue weighted by Gasteiger charge is -2.39. The number of nitrogens with one attached hydrogen (secondary N) is 1. The maximum Gasteiger partial charge on any atom is 0.193 e. The molecule has 2 aliphatic rings. The van der Waals surface area contributed by atoms with Crippen molar-refractivity contribution < 1.29 is 8.42 Å². The van der Waals surface area contributed by atoms with Crippen molar-refractivity contribution in [3.8, 4) is 0 Å². The number of rotatable bonds is 6. The zero-order valence-electron chi connectivity index (χ0n) is 17.1. The first kappa shape index (κ1) is 21.5. The molecule has 0 bridgehead atoms. The fraction of sp³-hybridized carbons (Fsp3) is 0.947. The van der Waals surface area contributed by atoms with Crippen LogP contribution in [0.25, 0.3) is 0 Å². The Bertz CT molecular complexity index is 568. The fourth-order valence-corrected chi connectivity index (χ4v) is 5.33. The molecular formula is C19H38N4O2S. The Kier molecular flexibility index (Phi) is 7.76. The van der Waals surface area contributed by atoms with E-state index < -0.39 is 14.6 Å². The van der Waals surface area contributed by atoms with E-state index in [9.17, 15) is 8.42 Å². The van der Waals surface area contributed by atoms with Crippen LogP contribution in [0.1, 0.15) is 59.3 Å². The summed E-state index contributed by atoms with van der Waals surface area (Å²) in [5.74, 6) is 1.06. The van der Waals surface area contributed by atoms with Gasteiger partial charge in [-0.25, -0.2) is 8.42 Å². The minimum absolute atomic E-state index is 0.203. The predicted molar refractivity (Wildman–Crippen MR) is 110 cm³/mol. The van der Waals surface area contributed by atoms with Crippen LogP contribution in [-0.4, -0.2) is 80.5 Å². The average molecular weight is 387 g/mol. The van der Waals surface area contributed by atoms with E-state index in [-0.39, 0.29) is 5.75 Å². The summed E-state index contributed by atoms with van der Waals surface area (Å²) >= 11 is 0. The molecule has 0 spiro atoms. The van der Waals surface area contributed by atoms with Gasteiger partial charge in [0.2, 0.25) is 0 Å². The first-order valence-electron chi connectivity index (χ1n) is 10.2. The summed E-state index contributed by atoms with van der Waals surface area (Å²) in [6.07, 6.45) is 7.83. The molecule has 1 saturated heterocycles. The molecule has 26 heavy (non-hydrogen) atoms. The van der Waals surface area contributed by atoms with Crippen molar-refractivity contribution in [2.45, 2.75) is 70.1 Å². The lowest BCUT2D eigenvalue weighted by atomic mass is 9.94. The molecule has 152 valence electrons. The van der Waals surface area contributed by atoms with Gasteiger partial charge in [-0.2, -0.15) is 0 Å². The minimum Gasteiger partial charge on any atom is -0.357 e. The monoisotopic (exact) mass is 386 g/mol. The van der Waals surface area contributed by atoms with Crippen molar-refractivity contribution in [2.75, 3.05) is 45.5 Å². The van der Waals surface area contributed by atoms with E-state index in [0.717, 1.165) is 38.1 Å². The van der Waals surface area contributed by atoms with Gasteiger partial charge in [-0.3, -0.25) is 4.99 Å². The van der Waals surface area contributed by atoms with Gasteiger partial charge in [-0.05, 0) is 53.6 Å². The van der Waals surface area contributed by atoms with E-state index in [0.29, 0.717) is 13.1 Å². The van der Waals surface area contributed by atoms with Crippen molar-refractivity contribution in [3.63, 3.8) is 0 Å². The number of nitrogens with zero attached hydrogens (tertiary/aromatic N) is 3. The van der Waals surface area contributed by atoms with Crippen LogP contribution in [0.3, 0.4) is 0 Å². The molecular weight excluding hydrogens is 348 g/mol. The number of sulfone groups is 1. The highest BCUT2D eigenvalue weighted by molar-refractivity contribution is 7.92. The molecule has 0 unspecified atom stereocenters. The molecule has 2 rings (SSSR count). The van der Waals surface area contributed by atoms with Crippen LogP contribution in [-0.2, 0) is 9.84 Å². The van der Waals surface area contributed by atoms with Crippen LogP contribution >= 0.6 is 0 Å². The van der Waals surface area contributed by atoms with Crippen LogP contribution in [0.5, 0.6) is 0 Å². The lowest BCUT2D eigenvalue weighted by molar-refractivity contribution is 0.191. The van der Waals surface area contributed by atoms with Gasteiger partial charge in [0.15, 0.2) is 15.8 Å². The smallest absolute Gasteiger partial charge is 0.193 e. The van der Waals surface area contributed by atoms with Gasteiger partial charge in [0, 0.05) is 32.2 Å². The maximum atomic E-state index is 12.2. The summed E-state index contributed by atoms with van der Waals surface area (Å²) in [6.45, 7) is 9.37. The summed E-state index contributed by atoms with van der Waals surface area (Å²) in [4.78, 5) is 9.38. The van der Waals surface area contributed by atoms with Crippen LogP contribution < -0.4 is 5.32 Å². The Morgan fingerprint density at radius 1 is 1.27 bits per heavy atom. The second-order valence-corrected chi connectivity index (χ2v) is 11.1. The van der Waals surface area contributed by atoms with Gasteiger partial charge in [-0.15, -0.1) is 0 Å². The Morgan fingerprint density at radius 3 is 2.58 bits per heavy atom.